The van der Waals surface area contributed by atoms with E-state index in [2.05, 4.69) is 6.92 Å². The van der Waals surface area contributed by atoms with E-state index >= 15 is 0 Å². The fraction of sp³-hybridized carbons (Fsp3) is 0.857. The second kappa shape index (κ2) is 2.29. The summed E-state index contributed by atoms with van der Waals surface area (Å²) in [6.07, 6.45) is 5.25. The first-order valence-corrected chi connectivity index (χ1v) is 3.19. The first kappa shape index (κ1) is 5.80. The highest BCUT2D eigenvalue weighted by Gasteiger charge is 2.27. The predicted molar refractivity (Wildman–Crippen MR) is 32.2 cm³/mol. The van der Waals surface area contributed by atoms with E-state index in [1.54, 1.807) is 0 Å². The molecule has 1 rings (SSSR count). The smallest absolute Gasteiger partial charge is 0.198 e. The minimum absolute atomic E-state index is 0.604. The van der Waals surface area contributed by atoms with Crippen LogP contribution in [0.1, 0.15) is 26.2 Å². The van der Waals surface area contributed by atoms with Crippen LogP contribution in [0.2, 0.25) is 0 Å². The molecule has 0 aromatic rings. The number of hydrogen-bond donors (Lipinski definition) is 0. The maximum Gasteiger partial charge on any atom is 0.198 e. The van der Waals surface area contributed by atoms with E-state index < -0.39 is 0 Å². The van der Waals surface area contributed by atoms with Gasteiger partial charge in [0.05, 0.1) is 0 Å². The lowest BCUT2D eigenvalue weighted by Crippen LogP contribution is -1.96. The highest BCUT2D eigenvalue weighted by molar-refractivity contribution is 5.50. The summed E-state index contributed by atoms with van der Waals surface area (Å²) < 4.78 is 0. The Bertz CT molecular complexity index is 84.4. The van der Waals surface area contributed by atoms with Crippen molar-refractivity contribution in [2.24, 2.45) is 11.8 Å². The summed E-state index contributed by atoms with van der Waals surface area (Å²) in [7, 11) is 0. The van der Waals surface area contributed by atoms with Gasteiger partial charge in [-0.1, -0.05) is 6.92 Å². The summed E-state index contributed by atoms with van der Waals surface area (Å²) in [4.78, 5) is 9.82. The molecule has 1 fully saturated rings. The van der Waals surface area contributed by atoms with Crippen molar-refractivity contribution in [1.29, 1.82) is 0 Å². The lowest BCUT2D eigenvalue weighted by molar-refractivity contribution is 0.491. The molecular weight excluding hydrogens is 100 g/mol. The van der Waals surface area contributed by atoms with Crippen LogP contribution in [0.5, 0.6) is 0 Å². The minimum atomic E-state index is 0.604. The van der Waals surface area contributed by atoms with Crippen LogP contribution in [-0.2, 0) is 4.79 Å². The summed E-state index contributed by atoms with van der Waals surface area (Å²) in [5.41, 5.74) is 0. The second-order valence-corrected chi connectivity index (χ2v) is 2.66. The monoisotopic (exact) mass is 111 g/mol. The third kappa shape index (κ3) is 1.32. The van der Waals surface area contributed by atoms with Crippen LogP contribution in [-0.4, -0.2) is 6.29 Å². The average Bonchev–Trinajstić information content (AvgIpc) is 2.45. The van der Waals surface area contributed by atoms with Crippen LogP contribution in [0.25, 0.3) is 0 Å². The Kier molecular flexibility index (Phi) is 1.66. The zero-order valence-corrected chi connectivity index (χ0v) is 5.18. The summed E-state index contributed by atoms with van der Waals surface area (Å²) >= 11 is 0. The van der Waals surface area contributed by atoms with Crippen molar-refractivity contribution in [3.63, 3.8) is 0 Å². The summed E-state index contributed by atoms with van der Waals surface area (Å²) in [5.74, 6) is 1.46. The summed E-state index contributed by atoms with van der Waals surface area (Å²) in [6, 6.07) is 0. The Labute approximate surface area is 50.1 Å². The van der Waals surface area contributed by atoms with Gasteiger partial charge >= 0.3 is 0 Å². The van der Waals surface area contributed by atoms with E-state index in [1.807, 2.05) is 6.29 Å². The first-order valence-electron chi connectivity index (χ1n) is 3.19. The Morgan fingerprint density at radius 1 is 1.75 bits per heavy atom. The molecule has 1 saturated carbocycles. The predicted octanol–water partition coefficient (Wildman–Crippen LogP) is 1.53. The molecule has 1 nitrogen and oxygen atoms in total. The lowest BCUT2D eigenvalue weighted by atomic mass is 10.0. The van der Waals surface area contributed by atoms with E-state index in [-0.39, 0.29) is 0 Å². The van der Waals surface area contributed by atoms with Crippen molar-refractivity contribution in [3.05, 3.63) is 0 Å². The van der Waals surface area contributed by atoms with Crippen LogP contribution in [0.3, 0.4) is 0 Å². The molecule has 0 aliphatic heterocycles. The fourth-order valence-electron chi connectivity index (χ4n) is 0.963. The zero-order chi connectivity index (χ0) is 5.98. The normalized spacial score (nSPS) is 22.6. The molecule has 1 atom stereocenters. The molecule has 1 radical (unpaired) electrons. The number of hydrogen-bond acceptors (Lipinski definition) is 1. The van der Waals surface area contributed by atoms with Gasteiger partial charge in [-0.3, -0.25) is 4.79 Å². The Morgan fingerprint density at radius 3 is 2.75 bits per heavy atom. The van der Waals surface area contributed by atoms with E-state index in [9.17, 15) is 4.79 Å². The van der Waals surface area contributed by atoms with Crippen LogP contribution in [0, 0.1) is 11.8 Å². The SMILES string of the molecule is CC(C[C]=O)C1CC1. The van der Waals surface area contributed by atoms with Crippen molar-refractivity contribution in [1.82, 2.24) is 0 Å². The Balaban J connectivity index is 2.12. The van der Waals surface area contributed by atoms with Gasteiger partial charge in [-0.25, -0.2) is 0 Å². The van der Waals surface area contributed by atoms with E-state index in [0.717, 1.165) is 5.92 Å². The molecule has 1 unspecified atom stereocenters. The maximum atomic E-state index is 9.82. The van der Waals surface area contributed by atoms with E-state index in [0.29, 0.717) is 12.3 Å². The van der Waals surface area contributed by atoms with Gasteiger partial charge in [0.2, 0.25) is 0 Å². The highest BCUT2D eigenvalue weighted by atomic mass is 16.1. The highest BCUT2D eigenvalue weighted by Crippen LogP contribution is 2.37. The Morgan fingerprint density at radius 2 is 2.38 bits per heavy atom. The molecule has 0 saturated heterocycles. The molecule has 0 amide bonds. The quantitative estimate of drug-likeness (QED) is 0.539. The first-order chi connectivity index (χ1) is 3.84. The fourth-order valence-corrected chi connectivity index (χ4v) is 0.963. The molecule has 1 aliphatic carbocycles. The van der Waals surface area contributed by atoms with Crippen molar-refractivity contribution in [2.75, 3.05) is 0 Å². The zero-order valence-electron chi connectivity index (χ0n) is 5.18. The van der Waals surface area contributed by atoms with Crippen LogP contribution in [0.4, 0.5) is 0 Å². The minimum Gasteiger partial charge on any atom is -0.291 e. The molecule has 0 aromatic heterocycles. The van der Waals surface area contributed by atoms with Crippen LogP contribution >= 0.6 is 0 Å². The number of carbonyl (C=O) groups excluding carboxylic acids is 1. The second-order valence-electron chi connectivity index (χ2n) is 2.66. The van der Waals surface area contributed by atoms with Gasteiger partial charge in [0.15, 0.2) is 6.29 Å². The molecule has 0 aromatic carbocycles. The van der Waals surface area contributed by atoms with Crippen LogP contribution in [0.15, 0.2) is 0 Å². The molecule has 45 valence electrons. The molecule has 1 heteroatoms. The van der Waals surface area contributed by atoms with Crippen molar-refractivity contribution in [2.45, 2.75) is 26.2 Å². The Hall–Kier alpha value is -0.330. The molecule has 0 spiro atoms. The topological polar surface area (TPSA) is 17.1 Å². The molecule has 0 heterocycles. The van der Waals surface area contributed by atoms with Gasteiger partial charge in [-0.05, 0) is 24.7 Å². The third-order valence-corrected chi connectivity index (χ3v) is 1.83. The molecule has 0 N–H and O–H groups in total. The van der Waals surface area contributed by atoms with Gasteiger partial charge in [-0.15, -0.1) is 0 Å². The maximum absolute atomic E-state index is 9.82. The summed E-state index contributed by atoms with van der Waals surface area (Å²) in [6.45, 7) is 2.13. The largest absolute Gasteiger partial charge is 0.291 e. The van der Waals surface area contributed by atoms with Gasteiger partial charge < -0.3 is 0 Å². The number of rotatable bonds is 3. The summed E-state index contributed by atoms with van der Waals surface area (Å²) in [5, 5.41) is 0. The van der Waals surface area contributed by atoms with Gasteiger partial charge in [0.25, 0.3) is 0 Å². The van der Waals surface area contributed by atoms with E-state index in [1.165, 1.54) is 12.8 Å². The molecule has 0 bridgehead atoms. The molecule has 1 aliphatic rings. The standard InChI is InChI=1S/C7H11O/c1-6(4-5-8)7-2-3-7/h6-7H,2-4H2,1H3. The van der Waals surface area contributed by atoms with Crippen LogP contribution < -0.4 is 0 Å². The van der Waals surface area contributed by atoms with Gasteiger partial charge in [-0.2, -0.15) is 0 Å². The van der Waals surface area contributed by atoms with E-state index in [4.69, 9.17) is 0 Å². The van der Waals surface area contributed by atoms with Crippen molar-refractivity contribution in [3.8, 4) is 0 Å². The molecule has 8 heavy (non-hydrogen) atoms. The average molecular weight is 111 g/mol. The lowest BCUT2D eigenvalue weighted by Gasteiger charge is -2.00. The van der Waals surface area contributed by atoms with Gasteiger partial charge in [0.1, 0.15) is 0 Å². The van der Waals surface area contributed by atoms with Gasteiger partial charge in [0, 0.05) is 6.42 Å². The molecular formula is C7H11O. The van der Waals surface area contributed by atoms with Crippen molar-refractivity contribution < 1.29 is 4.79 Å². The third-order valence-electron chi connectivity index (χ3n) is 1.83. The van der Waals surface area contributed by atoms with Crippen molar-refractivity contribution >= 4 is 6.29 Å².